The molecule has 1 N–H and O–H groups in total. The van der Waals surface area contributed by atoms with Crippen molar-refractivity contribution in [1.29, 1.82) is 0 Å². The molecular weight excluding hydrogens is 349 g/mol. The summed E-state index contributed by atoms with van der Waals surface area (Å²) in [6, 6.07) is 2.75. The Bertz CT molecular complexity index is 452. The Hall–Kier alpha value is -0.360. The molecule has 1 unspecified atom stereocenters. The first kappa shape index (κ1) is 17.7. The van der Waals surface area contributed by atoms with Crippen LogP contribution in [0.4, 0.5) is 4.39 Å². The van der Waals surface area contributed by atoms with E-state index in [4.69, 9.17) is 21.1 Å². The van der Waals surface area contributed by atoms with Crippen molar-refractivity contribution in [3.63, 3.8) is 0 Å². The molecule has 1 rings (SSSR count). The lowest BCUT2D eigenvalue weighted by Gasteiger charge is -2.26. The highest BCUT2D eigenvalue weighted by atomic mass is 79.9. The van der Waals surface area contributed by atoms with Gasteiger partial charge in [-0.1, -0.05) is 11.6 Å². The van der Waals surface area contributed by atoms with Crippen molar-refractivity contribution in [2.75, 3.05) is 20.3 Å². The zero-order valence-electron chi connectivity index (χ0n) is 12.1. The first-order chi connectivity index (χ1) is 9.23. The van der Waals surface area contributed by atoms with Gasteiger partial charge >= 0.3 is 0 Å². The van der Waals surface area contributed by atoms with Crippen LogP contribution in [0.2, 0.25) is 5.02 Å². The van der Waals surface area contributed by atoms with E-state index in [1.807, 2.05) is 0 Å². The first-order valence-corrected chi connectivity index (χ1v) is 7.45. The maximum absolute atomic E-state index is 13.5. The van der Waals surface area contributed by atoms with Crippen LogP contribution in [0.1, 0.15) is 20.8 Å². The molecule has 0 saturated carbocycles. The monoisotopic (exact) mass is 367 g/mol. The third-order valence-corrected chi connectivity index (χ3v) is 3.39. The Balaban J connectivity index is 2.77. The average molecular weight is 369 g/mol. The van der Waals surface area contributed by atoms with Gasteiger partial charge in [-0.3, -0.25) is 0 Å². The summed E-state index contributed by atoms with van der Waals surface area (Å²) in [5, 5.41) is 3.39. The first-order valence-electron chi connectivity index (χ1n) is 6.28. The van der Waals surface area contributed by atoms with Gasteiger partial charge in [0.05, 0.1) is 16.1 Å². The van der Waals surface area contributed by atoms with Crippen LogP contribution >= 0.6 is 27.5 Å². The predicted octanol–water partition coefficient (Wildman–Crippen LogP) is 4.02. The molecule has 1 atom stereocenters. The number of benzene rings is 1. The lowest BCUT2D eigenvalue weighted by molar-refractivity contribution is 0.0758. The fraction of sp³-hybridized carbons (Fsp3) is 0.571. The summed E-state index contributed by atoms with van der Waals surface area (Å²) in [5.74, 6) is -0.102. The fourth-order valence-corrected chi connectivity index (χ4v) is 2.25. The molecule has 0 amide bonds. The minimum Gasteiger partial charge on any atom is -0.485 e. The van der Waals surface area contributed by atoms with Gasteiger partial charge in [0, 0.05) is 25.3 Å². The third kappa shape index (κ3) is 5.95. The highest BCUT2D eigenvalue weighted by molar-refractivity contribution is 9.10. The van der Waals surface area contributed by atoms with E-state index >= 15 is 0 Å². The van der Waals surface area contributed by atoms with Crippen molar-refractivity contribution in [3.05, 3.63) is 27.4 Å². The van der Waals surface area contributed by atoms with E-state index in [1.165, 1.54) is 12.1 Å². The molecule has 20 heavy (non-hydrogen) atoms. The maximum Gasteiger partial charge on any atom is 0.145 e. The molecule has 0 aliphatic rings. The summed E-state index contributed by atoms with van der Waals surface area (Å²) in [4.78, 5) is 0. The Labute approximate surface area is 132 Å². The van der Waals surface area contributed by atoms with Gasteiger partial charge in [-0.25, -0.2) is 4.39 Å². The van der Waals surface area contributed by atoms with E-state index in [2.05, 4.69) is 42.0 Å². The minimum atomic E-state index is -0.509. The number of methoxy groups -OCH3 is 1. The number of hydrogen-bond acceptors (Lipinski definition) is 3. The molecule has 0 spiro atoms. The maximum atomic E-state index is 13.5. The van der Waals surface area contributed by atoms with Gasteiger partial charge in [-0.05, 0) is 42.8 Å². The van der Waals surface area contributed by atoms with Crippen molar-refractivity contribution in [2.24, 2.45) is 0 Å². The van der Waals surface area contributed by atoms with Gasteiger partial charge in [0.25, 0.3) is 0 Å². The zero-order chi connectivity index (χ0) is 15.3. The van der Waals surface area contributed by atoms with Gasteiger partial charge in [0.1, 0.15) is 17.7 Å². The second-order valence-electron chi connectivity index (χ2n) is 5.52. The molecule has 0 heterocycles. The van der Waals surface area contributed by atoms with Crippen LogP contribution in [0.25, 0.3) is 0 Å². The van der Waals surface area contributed by atoms with Crippen LogP contribution in [0.15, 0.2) is 16.6 Å². The number of ether oxygens (including phenoxy) is 2. The Morgan fingerprint density at radius 2 is 2.05 bits per heavy atom. The van der Waals surface area contributed by atoms with Gasteiger partial charge < -0.3 is 14.8 Å². The lowest BCUT2D eigenvalue weighted by Crippen LogP contribution is -2.44. The van der Waals surface area contributed by atoms with Crippen molar-refractivity contribution >= 4 is 27.5 Å². The SMILES string of the molecule is COCC(CNC(C)(C)C)Oc1cc(F)c(Cl)cc1Br. The lowest BCUT2D eigenvalue weighted by atomic mass is 10.1. The molecule has 0 radical (unpaired) electrons. The fourth-order valence-electron chi connectivity index (χ4n) is 1.51. The second kappa shape index (κ2) is 7.59. The van der Waals surface area contributed by atoms with Gasteiger partial charge in [-0.2, -0.15) is 0 Å². The number of rotatable bonds is 6. The van der Waals surface area contributed by atoms with Crippen LogP contribution in [0.5, 0.6) is 5.75 Å². The standard InChI is InChI=1S/C14H20BrClFNO2/c1-14(2,3)18-7-9(8-19-4)20-13-6-12(17)11(16)5-10(13)15/h5-6,9,18H,7-8H2,1-4H3. The van der Waals surface area contributed by atoms with E-state index < -0.39 is 5.82 Å². The van der Waals surface area contributed by atoms with E-state index in [-0.39, 0.29) is 16.7 Å². The van der Waals surface area contributed by atoms with Crippen molar-refractivity contribution in [2.45, 2.75) is 32.4 Å². The smallest absolute Gasteiger partial charge is 0.145 e. The Morgan fingerprint density at radius 1 is 1.40 bits per heavy atom. The average Bonchev–Trinajstić information content (AvgIpc) is 2.32. The molecule has 0 aliphatic carbocycles. The van der Waals surface area contributed by atoms with Crippen molar-refractivity contribution < 1.29 is 13.9 Å². The van der Waals surface area contributed by atoms with E-state index in [1.54, 1.807) is 7.11 Å². The quantitative estimate of drug-likeness (QED) is 0.769. The highest BCUT2D eigenvalue weighted by Crippen LogP contribution is 2.31. The van der Waals surface area contributed by atoms with Gasteiger partial charge in [0.2, 0.25) is 0 Å². The summed E-state index contributed by atoms with van der Waals surface area (Å²) in [6.45, 7) is 7.19. The summed E-state index contributed by atoms with van der Waals surface area (Å²) in [5.41, 5.74) is -0.0299. The topological polar surface area (TPSA) is 30.5 Å². The zero-order valence-corrected chi connectivity index (χ0v) is 14.4. The summed E-state index contributed by atoms with van der Waals surface area (Å²) < 4.78 is 25.0. The van der Waals surface area contributed by atoms with Crippen molar-refractivity contribution in [1.82, 2.24) is 5.32 Å². The molecule has 3 nitrogen and oxygen atoms in total. The van der Waals surface area contributed by atoms with Crippen LogP contribution in [0, 0.1) is 5.82 Å². The third-order valence-electron chi connectivity index (χ3n) is 2.48. The summed E-state index contributed by atoms with van der Waals surface area (Å²) in [7, 11) is 1.60. The molecule has 0 bridgehead atoms. The molecule has 0 aromatic heterocycles. The van der Waals surface area contributed by atoms with E-state index in [0.29, 0.717) is 23.4 Å². The van der Waals surface area contributed by atoms with Crippen molar-refractivity contribution in [3.8, 4) is 5.75 Å². The van der Waals surface area contributed by atoms with Gasteiger partial charge in [0.15, 0.2) is 0 Å². The summed E-state index contributed by atoms with van der Waals surface area (Å²) in [6.07, 6.45) is -0.226. The molecule has 1 aromatic rings. The molecule has 114 valence electrons. The number of hydrogen-bond donors (Lipinski definition) is 1. The highest BCUT2D eigenvalue weighted by Gasteiger charge is 2.17. The second-order valence-corrected chi connectivity index (χ2v) is 6.78. The normalized spacial score (nSPS) is 13.3. The number of nitrogens with one attached hydrogen (secondary N) is 1. The van der Waals surface area contributed by atoms with Crippen LogP contribution < -0.4 is 10.1 Å². The van der Waals surface area contributed by atoms with E-state index in [0.717, 1.165) is 0 Å². The Kier molecular flexibility index (Phi) is 6.72. The molecule has 6 heteroatoms. The minimum absolute atomic E-state index is 0.0299. The van der Waals surface area contributed by atoms with Crippen LogP contribution in [0.3, 0.4) is 0 Å². The van der Waals surface area contributed by atoms with Gasteiger partial charge in [-0.15, -0.1) is 0 Å². The molecule has 1 aromatic carbocycles. The Morgan fingerprint density at radius 3 is 2.60 bits per heavy atom. The van der Waals surface area contributed by atoms with E-state index in [9.17, 15) is 4.39 Å². The largest absolute Gasteiger partial charge is 0.485 e. The molecular formula is C14H20BrClFNO2. The van der Waals surface area contributed by atoms with Crippen LogP contribution in [-0.2, 0) is 4.74 Å². The summed E-state index contributed by atoms with van der Waals surface area (Å²) >= 11 is 9.02. The predicted molar refractivity (Wildman–Crippen MR) is 83.2 cm³/mol. The molecule has 0 aliphatic heterocycles. The number of halogens is 3. The molecule has 0 saturated heterocycles. The van der Waals surface area contributed by atoms with Crippen LogP contribution in [-0.4, -0.2) is 31.9 Å². The molecule has 0 fully saturated rings.